The number of benzene rings is 2. The third-order valence-electron chi connectivity index (χ3n) is 2.95. The molecule has 0 spiro atoms. The van der Waals surface area contributed by atoms with Crippen LogP contribution < -0.4 is 5.32 Å². The molecule has 0 atom stereocenters. The summed E-state index contributed by atoms with van der Waals surface area (Å²) < 4.78 is 13.0. The molecule has 0 bridgehead atoms. The van der Waals surface area contributed by atoms with Crippen LogP contribution in [-0.4, -0.2) is 11.0 Å². The highest BCUT2D eigenvalue weighted by Gasteiger charge is 1.98. The van der Waals surface area contributed by atoms with Crippen molar-refractivity contribution in [2.75, 3.05) is 0 Å². The van der Waals surface area contributed by atoms with E-state index in [1.807, 2.05) is 24.3 Å². The summed E-state index contributed by atoms with van der Waals surface area (Å²) in [5.41, 5.74) is 2.41. The summed E-state index contributed by atoms with van der Waals surface area (Å²) in [4.78, 5) is 11.7. The molecule has 0 aliphatic heterocycles. The van der Waals surface area contributed by atoms with Gasteiger partial charge in [-0.25, -0.2) is 4.39 Å². The van der Waals surface area contributed by atoms with E-state index in [1.165, 1.54) is 18.2 Å². The molecule has 0 radical (unpaired) electrons. The van der Waals surface area contributed by atoms with Gasteiger partial charge in [-0.05, 0) is 34.9 Å². The van der Waals surface area contributed by atoms with Crippen molar-refractivity contribution in [3.05, 3.63) is 77.1 Å². The van der Waals surface area contributed by atoms with Crippen LogP contribution in [0.5, 0.6) is 0 Å². The second kappa shape index (κ2) is 7.36. The minimum absolute atomic E-state index is 0.00299. The second-order valence-corrected chi connectivity index (χ2v) is 4.58. The van der Waals surface area contributed by atoms with Gasteiger partial charge in [0.15, 0.2) is 0 Å². The molecule has 2 rings (SSSR count). The van der Waals surface area contributed by atoms with Crippen molar-refractivity contribution in [3.8, 4) is 0 Å². The van der Waals surface area contributed by atoms with Crippen LogP contribution in [0.3, 0.4) is 0 Å². The largest absolute Gasteiger partial charge is 0.392 e. The van der Waals surface area contributed by atoms with Crippen LogP contribution in [0.2, 0.25) is 0 Å². The highest BCUT2D eigenvalue weighted by Crippen LogP contribution is 2.06. The zero-order valence-electron chi connectivity index (χ0n) is 11.4. The van der Waals surface area contributed by atoms with Gasteiger partial charge in [-0.15, -0.1) is 0 Å². The molecule has 2 aromatic rings. The Morgan fingerprint density at radius 1 is 1.14 bits per heavy atom. The van der Waals surface area contributed by atoms with Gasteiger partial charge in [-0.2, -0.15) is 0 Å². The molecule has 0 fully saturated rings. The Morgan fingerprint density at radius 2 is 1.86 bits per heavy atom. The molecule has 21 heavy (non-hydrogen) atoms. The standard InChI is InChI=1S/C17H16FNO2/c18-16-3-1-2-13(10-16)8-9-17(21)19-11-14-4-6-15(12-20)7-5-14/h1-10,20H,11-12H2,(H,19,21)/b9-8+. The van der Waals surface area contributed by atoms with E-state index in [-0.39, 0.29) is 18.3 Å². The van der Waals surface area contributed by atoms with E-state index in [0.717, 1.165) is 11.1 Å². The maximum absolute atomic E-state index is 13.0. The van der Waals surface area contributed by atoms with Crippen molar-refractivity contribution < 1.29 is 14.3 Å². The summed E-state index contributed by atoms with van der Waals surface area (Å²) in [5, 5.41) is 11.7. The number of halogens is 1. The van der Waals surface area contributed by atoms with E-state index in [1.54, 1.807) is 18.2 Å². The van der Waals surface area contributed by atoms with E-state index in [9.17, 15) is 9.18 Å². The Balaban J connectivity index is 1.86. The van der Waals surface area contributed by atoms with Crippen LogP contribution in [0.1, 0.15) is 16.7 Å². The third kappa shape index (κ3) is 4.85. The summed E-state index contributed by atoms with van der Waals surface area (Å²) in [6, 6.07) is 13.3. The van der Waals surface area contributed by atoms with Crippen molar-refractivity contribution in [2.45, 2.75) is 13.2 Å². The fraction of sp³-hybridized carbons (Fsp3) is 0.118. The van der Waals surface area contributed by atoms with Gasteiger partial charge in [0.25, 0.3) is 0 Å². The number of nitrogens with one attached hydrogen (secondary N) is 1. The molecule has 0 unspecified atom stereocenters. The number of carbonyl (C=O) groups excluding carboxylic acids is 1. The summed E-state index contributed by atoms with van der Waals surface area (Å²) in [6.07, 6.45) is 2.93. The molecule has 3 nitrogen and oxygen atoms in total. The Bertz CT molecular complexity index is 635. The van der Waals surface area contributed by atoms with Gasteiger partial charge in [-0.1, -0.05) is 36.4 Å². The number of carbonyl (C=O) groups is 1. The van der Waals surface area contributed by atoms with Gasteiger partial charge < -0.3 is 10.4 Å². The molecule has 2 N–H and O–H groups in total. The Kier molecular flexibility index (Phi) is 5.23. The van der Waals surface area contributed by atoms with Crippen LogP contribution in [0.4, 0.5) is 4.39 Å². The van der Waals surface area contributed by atoms with Crippen molar-refractivity contribution in [1.82, 2.24) is 5.32 Å². The zero-order chi connectivity index (χ0) is 15.1. The van der Waals surface area contributed by atoms with Crippen LogP contribution in [0.25, 0.3) is 6.08 Å². The van der Waals surface area contributed by atoms with Gasteiger partial charge >= 0.3 is 0 Å². The van der Waals surface area contributed by atoms with Gasteiger partial charge in [0.1, 0.15) is 5.82 Å². The molecule has 1 amide bonds. The van der Waals surface area contributed by atoms with Crippen molar-refractivity contribution in [2.24, 2.45) is 0 Å². The number of hydrogen-bond acceptors (Lipinski definition) is 2. The Morgan fingerprint density at radius 3 is 2.52 bits per heavy atom. The maximum Gasteiger partial charge on any atom is 0.244 e. The monoisotopic (exact) mass is 285 g/mol. The van der Waals surface area contributed by atoms with E-state index in [0.29, 0.717) is 12.1 Å². The second-order valence-electron chi connectivity index (χ2n) is 4.58. The number of rotatable bonds is 5. The fourth-order valence-corrected chi connectivity index (χ4v) is 1.79. The molecular weight excluding hydrogens is 269 g/mol. The average Bonchev–Trinajstić information content (AvgIpc) is 2.51. The average molecular weight is 285 g/mol. The van der Waals surface area contributed by atoms with Gasteiger partial charge in [0.05, 0.1) is 6.61 Å². The predicted molar refractivity (Wildman–Crippen MR) is 79.6 cm³/mol. The summed E-state index contributed by atoms with van der Waals surface area (Å²) >= 11 is 0. The Hall–Kier alpha value is -2.46. The molecule has 0 saturated heterocycles. The molecule has 0 aliphatic rings. The fourth-order valence-electron chi connectivity index (χ4n) is 1.79. The summed E-state index contributed by atoms with van der Waals surface area (Å²) in [6.45, 7) is 0.404. The lowest BCUT2D eigenvalue weighted by Crippen LogP contribution is -2.20. The number of aliphatic hydroxyl groups excluding tert-OH is 1. The van der Waals surface area contributed by atoms with Gasteiger partial charge in [-0.3, -0.25) is 4.79 Å². The summed E-state index contributed by atoms with van der Waals surface area (Å²) in [5.74, 6) is -0.577. The van der Waals surface area contributed by atoms with Gasteiger partial charge in [0, 0.05) is 12.6 Å². The van der Waals surface area contributed by atoms with E-state index >= 15 is 0 Å². The van der Waals surface area contributed by atoms with Crippen molar-refractivity contribution in [3.63, 3.8) is 0 Å². The van der Waals surface area contributed by atoms with Crippen LogP contribution in [-0.2, 0) is 17.9 Å². The smallest absolute Gasteiger partial charge is 0.244 e. The third-order valence-corrected chi connectivity index (χ3v) is 2.95. The first-order chi connectivity index (χ1) is 10.2. The lowest BCUT2D eigenvalue weighted by Gasteiger charge is -2.03. The van der Waals surface area contributed by atoms with Crippen LogP contribution in [0, 0.1) is 5.82 Å². The Labute approximate surface area is 122 Å². The minimum atomic E-state index is -0.332. The first-order valence-corrected chi connectivity index (χ1v) is 6.57. The first-order valence-electron chi connectivity index (χ1n) is 6.57. The molecule has 0 heterocycles. The molecular formula is C17H16FNO2. The lowest BCUT2D eigenvalue weighted by atomic mass is 10.1. The van der Waals surface area contributed by atoms with E-state index < -0.39 is 0 Å². The van der Waals surface area contributed by atoms with Crippen LogP contribution >= 0.6 is 0 Å². The molecule has 108 valence electrons. The minimum Gasteiger partial charge on any atom is -0.392 e. The normalized spacial score (nSPS) is 10.8. The topological polar surface area (TPSA) is 49.3 Å². The molecule has 0 aromatic heterocycles. The van der Waals surface area contributed by atoms with Crippen molar-refractivity contribution in [1.29, 1.82) is 0 Å². The molecule has 4 heteroatoms. The molecule has 0 aliphatic carbocycles. The SMILES string of the molecule is O=C(/C=C/c1cccc(F)c1)NCc1ccc(CO)cc1. The maximum atomic E-state index is 13.0. The van der Waals surface area contributed by atoms with Crippen molar-refractivity contribution >= 4 is 12.0 Å². The van der Waals surface area contributed by atoms with E-state index in [4.69, 9.17) is 5.11 Å². The first kappa shape index (κ1) is 14.9. The number of aliphatic hydroxyl groups is 1. The predicted octanol–water partition coefficient (Wildman–Crippen LogP) is 2.65. The van der Waals surface area contributed by atoms with Gasteiger partial charge in [0.2, 0.25) is 5.91 Å². The molecule has 2 aromatic carbocycles. The number of hydrogen-bond donors (Lipinski definition) is 2. The number of amides is 1. The van der Waals surface area contributed by atoms with E-state index in [2.05, 4.69) is 5.32 Å². The zero-order valence-corrected chi connectivity index (χ0v) is 11.4. The quantitative estimate of drug-likeness (QED) is 0.830. The lowest BCUT2D eigenvalue weighted by molar-refractivity contribution is -0.116. The van der Waals surface area contributed by atoms with Crippen LogP contribution in [0.15, 0.2) is 54.6 Å². The highest BCUT2D eigenvalue weighted by molar-refractivity contribution is 5.91. The molecule has 0 saturated carbocycles. The summed E-state index contributed by atoms with van der Waals surface area (Å²) in [7, 11) is 0. The highest BCUT2D eigenvalue weighted by atomic mass is 19.1.